The molecule has 1 fully saturated rings. The van der Waals surface area contributed by atoms with Crippen LogP contribution in [0.4, 0.5) is 0 Å². The first-order valence-corrected chi connectivity index (χ1v) is 8.09. The Morgan fingerprint density at radius 1 is 1.45 bits per heavy atom. The van der Waals surface area contributed by atoms with Crippen molar-refractivity contribution in [3.05, 3.63) is 28.3 Å². The minimum absolute atomic E-state index is 0.0171. The summed E-state index contributed by atoms with van der Waals surface area (Å²) in [7, 11) is -3.70. The molecule has 0 radical (unpaired) electrons. The molecule has 110 valence electrons. The van der Waals surface area contributed by atoms with E-state index < -0.39 is 16.0 Å². The number of halogens is 1. The van der Waals surface area contributed by atoms with Crippen molar-refractivity contribution < 1.29 is 18.3 Å². The van der Waals surface area contributed by atoms with Gasteiger partial charge >= 0.3 is 5.97 Å². The normalized spacial score (nSPS) is 20.2. The average Bonchev–Trinajstić information content (AvgIpc) is 2.78. The largest absolute Gasteiger partial charge is 0.478 e. The molecule has 0 saturated carbocycles. The topological polar surface area (TPSA) is 74.7 Å². The smallest absolute Gasteiger partial charge is 0.336 e. The lowest BCUT2D eigenvalue weighted by Crippen LogP contribution is -2.29. The summed E-state index contributed by atoms with van der Waals surface area (Å²) in [6, 6.07) is 2.59. The molecule has 1 heterocycles. The highest BCUT2D eigenvalue weighted by molar-refractivity contribution is 7.89. The highest BCUT2D eigenvalue weighted by Crippen LogP contribution is 2.30. The number of nitrogens with zero attached hydrogens (tertiary/aromatic N) is 1. The van der Waals surface area contributed by atoms with Crippen molar-refractivity contribution >= 4 is 27.6 Å². The predicted molar refractivity (Wildman–Crippen MR) is 75.7 cm³/mol. The Morgan fingerprint density at radius 3 is 2.60 bits per heavy atom. The maximum absolute atomic E-state index is 12.6. The van der Waals surface area contributed by atoms with E-state index in [2.05, 4.69) is 0 Å². The number of rotatable bonds is 3. The molecular weight excluding hydrogens is 302 g/mol. The summed E-state index contributed by atoms with van der Waals surface area (Å²) in [5.41, 5.74) is 0.143. The summed E-state index contributed by atoms with van der Waals surface area (Å²) in [4.78, 5) is 11.1. The van der Waals surface area contributed by atoms with Crippen molar-refractivity contribution in [1.82, 2.24) is 4.31 Å². The van der Waals surface area contributed by atoms with Crippen LogP contribution in [0.25, 0.3) is 0 Å². The Bertz CT molecular complexity index is 657. The Morgan fingerprint density at radius 2 is 2.10 bits per heavy atom. The minimum atomic E-state index is -3.70. The third kappa shape index (κ3) is 2.68. The lowest BCUT2D eigenvalue weighted by Gasteiger charge is -2.18. The molecule has 0 aromatic heterocycles. The molecule has 0 aliphatic carbocycles. The molecule has 1 aromatic carbocycles. The van der Waals surface area contributed by atoms with Crippen molar-refractivity contribution in [2.75, 3.05) is 13.1 Å². The van der Waals surface area contributed by atoms with Crippen LogP contribution >= 0.6 is 11.6 Å². The molecule has 7 heteroatoms. The summed E-state index contributed by atoms with van der Waals surface area (Å²) >= 11 is 5.86. The van der Waals surface area contributed by atoms with Gasteiger partial charge in [-0.05, 0) is 37.0 Å². The molecule has 1 aliphatic rings. The molecule has 1 unspecified atom stereocenters. The standard InChI is InChI=1S/C13H16ClNO4S/c1-8-3-4-15(7-8)20(18,19)12-6-10(14)5-11(9(12)2)13(16)17/h5-6,8H,3-4,7H2,1-2H3,(H,16,17). The van der Waals surface area contributed by atoms with Gasteiger partial charge in [0.25, 0.3) is 0 Å². The second-order valence-electron chi connectivity index (χ2n) is 5.14. The van der Waals surface area contributed by atoms with Crippen LogP contribution in [0.5, 0.6) is 0 Å². The van der Waals surface area contributed by atoms with Gasteiger partial charge in [-0.25, -0.2) is 13.2 Å². The van der Waals surface area contributed by atoms with E-state index in [4.69, 9.17) is 16.7 Å². The van der Waals surface area contributed by atoms with Crippen LogP contribution in [0.2, 0.25) is 5.02 Å². The lowest BCUT2D eigenvalue weighted by molar-refractivity contribution is 0.0696. The van der Waals surface area contributed by atoms with Crippen LogP contribution in [0.3, 0.4) is 0 Å². The zero-order chi connectivity index (χ0) is 15.1. The third-order valence-electron chi connectivity index (χ3n) is 3.56. The summed E-state index contributed by atoms with van der Waals surface area (Å²) in [6.07, 6.45) is 0.810. The summed E-state index contributed by atoms with van der Waals surface area (Å²) in [5, 5.41) is 9.23. The zero-order valence-corrected chi connectivity index (χ0v) is 12.8. The number of carboxylic acids is 1. The Hall–Kier alpha value is -1.11. The number of hydrogen-bond donors (Lipinski definition) is 1. The highest BCUT2D eigenvalue weighted by Gasteiger charge is 2.32. The first-order chi connectivity index (χ1) is 9.23. The van der Waals surface area contributed by atoms with Gasteiger partial charge in [-0.1, -0.05) is 18.5 Å². The molecule has 0 amide bonds. The zero-order valence-electron chi connectivity index (χ0n) is 11.3. The number of benzene rings is 1. The minimum Gasteiger partial charge on any atom is -0.478 e. The van der Waals surface area contributed by atoms with Gasteiger partial charge in [0.1, 0.15) is 0 Å². The fourth-order valence-electron chi connectivity index (χ4n) is 2.40. The van der Waals surface area contributed by atoms with Gasteiger partial charge in [-0.3, -0.25) is 0 Å². The number of carboxylic acid groups (broad SMARTS) is 1. The predicted octanol–water partition coefficient (Wildman–Crippen LogP) is 2.38. The van der Waals surface area contributed by atoms with Crippen LogP contribution in [0, 0.1) is 12.8 Å². The number of hydrogen-bond acceptors (Lipinski definition) is 3. The van der Waals surface area contributed by atoms with E-state index in [9.17, 15) is 13.2 Å². The van der Waals surface area contributed by atoms with Gasteiger partial charge in [0.2, 0.25) is 10.0 Å². The molecule has 20 heavy (non-hydrogen) atoms. The second-order valence-corrected chi connectivity index (χ2v) is 7.48. The first-order valence-electron chi connectivity index (χ1n) is 6.27. The molecule has 1 aromatic rings. The quantitative estimate of drug-likeness (QED) is 0.928. The lowest BCUT2D eigenvalue weighted by atomic mass is 10.1. The van der Waals surface area contributed by atoms with Crippen molar-refractivity contribution in [3.8, 4) is 0 Å². The van der Waals surface area contributed by atoms with Crippen molar-refractivity contribution in [2.24, 2.45) is 5.92 Å². The van der Waals surface area contributed by atoms with Crippen molar-refractivity contribution in [1.29, 1.82) is 0 Å². The highest BCUT2D eigenvalue weighted by atomic mass is 35.5. The summed E-state index contributed by atoms with van der Waals surface area (Å²) in [5.74, 6) is -0.876. The molecular formula is C13H16ClNO4S. The molecule has 1 aliphatic heterocycles. The van der Waals surface area contributed by atoms with Gasteiger partial charge in [0, 0.05) is 18.1 Å². The van der Waals surface area contributed by atoms with Gasteiger partial charge < -0.3 is 5.11 Å². The molecule has 2 rings (SSSR count). The maximum Gasteiger partial charge on any atom is 0.336 e. The van der Waals surface area contributed by atoms with Crippen LogP contribution in [-0.4, -0.2) is 36.9 Å². The average molecular weight is 318 g/mol. The van der Waals surface area contributed by atoms with Crippen molar-refractivity contribution in [2.45, 2.75) is 25.2 Å². The van der Waals surface area contributed by atoms with E-state index in [1.165, 1.54) is 23.4 Å². The Labute approximate surface area is 123 Å². The van der Waals surface area contributed by atoms with Crippen LogP contribution < -0.4 is 0 Å². The van der Waals surface area contributed by atoms with E-state index in [1.54, 1.807) is 0 Å². The van der Waals surface area contributed by atoms with E-state index in [-0.39, 0.29) is 21.0 Å². The van der Waals surface area contributed by atoms with E-state index in [1.807, 2.05) is 6.92 Å². The molecule has 5 nitrogen and oxygen atoms in total. The number of aromatic carboxylic acids is 1. The second kappa shape index (κ2) is 5.35. The third-order valence-corrected chi connectivity index (χ3v) is 5.77. The van der Waals surface area contributed by atoms with Crippen LogP contribution in [-0.2, 0) is 10.0 Å². The van der Waals surface area contributed by atoms with Gasteiger partial charge in [-0.15, -0.1) is 0 Å². The van der Waals surface area contributed by atoms with Gasteiger partial charge in [0.15, 0.2) is 0 Å². The fourth-order valence-corrected chi connectivity index (χ4v) is 4.53. The van der Waals surface area contributed by atoms with E-state index in [0.717, 1.165) is 6.42 Å². The summed E-state index contributed by atoms with van der Waals surface area (Å²) < 4.78 is 26.6. The van der Waals surface area contributed by atoms with Crippen LogP contribution in [0.1, 0.15) is 29.3 Å². The number of carbonyl (C=O) groups is 1. The van der Waals surface area contributed by atoms with E-state index in [0.29, 0.717) is 19.0 Å². The number of sulfonamides is 1. The monoisotopic (exact) mass is 317 g/mol. The van der Waals surface area contributed by atoms with Gasteiger partial charge in [0.05, 0.1) is 10.5 Å². The van der Waals surface area contributed by atoms with E-state index >= 15 is 0 Å². The van der Waals surface area contributed by atoms with Crippen LogP contribution in [0.15, 0.2) is 17.0 Å². The van der Waals surface area contributed by atoms with Gasteiger partial charge in [-0.2, -0.15) is 4.31 Å². The fraction of sp³-hybridized carbons (Fsp3) is 0.462. The Balaban J connectivity index is 2.55. The Kier molecular flexibility index (Phi) is 4.09. The molecule has 1 atom stereocenters. The summed E-state index contributed by atoms with van der Waals surface area (Å²) in [6.45, 7) is 4.39. The molecule has 0 bridgehead atoms. The first kappa shape index (κ1) is 15.3. The molecule has 0 spiro atoms. The SMILES string of the molecule is Cc1c(C(=O)O)cc(Cl)cc1S(=O)(=O)N1CCC(C)C1. The molecule has 1 saturated heterocycles. The van der Waals surface area contributed by atoms with Crippen molar-refractivity contribution in [3.63, 3.8) is 0 Å². The molecule has 1 N–H and O–H groups in total. The maximum atomic E-state index is 12.6.